The lowest BCUT2D eigenvalue weighted by Crippen LogP contribution is -2.31. The molecule has 0 radical (unpaired) electrons. The van der Waals surface area contributed by atoms with Gasteiger partial charge in [0.25, 0.3) is 11.6 Å². The Labute approximate surface area is 194 Å². The maximum Gasteiger partial charge on any atom is 0.273 e. The second-order valence-electron chi connectivity index (χ2n) is 7.86. The fourth-order valence-corrected chi connectivity index (χ4v) is 4.43. The molecule has 0 fully saturated rings. The molecule has 0 bridgehead atoms. The van der Waals surface area contributed by atoms with E-state index in [-0.39, 0.29) is 11.6 Å². The van der Waals surface area contributed by atoms with Crippen LogP contribution >= 0.6 is 11.6 Å². The average molecular weight is 459 g/mol. The van der Waals surface area contributed by atoms with E-state index < -0.39 is 11.0 Å². The van der Waals surface area contributed by atoms with Crippen LogP contribution in [0.5, 0.6) is 0 Å². The number of halogens is 1. The number of aromatic nitrogens is 2. The minimum atomic E-state index is -0.499. The molecule has 0 spiro atoms. The Balaban J connectivity index is 1.60. The van der Waals surface area contributed by atoms with E-state index in [2.05, 4.69) is 10.2 Å². The number of rotatable bonds is 6. The fourth-order valence-electron chi connectivity index (χ4n) is 4.30. The van der Waals surface area contributed by atoms with Crippen LogP contribution in [0.3, 0.4) is 0 Å². The van der Waals surface area contributed by atoms with Crippen LogP contribution in [0.4, 0.5) is 5.69 Å². The van der Waals surface area contributed by atoms with Gasteiger partial charge >= 0.3 is 0 Å². The van der Waals surface area contributed by atoms with E-state index in [0.29, 0.717) is 34.9 Å². The zero-order valence-corrected chi connectivity index (χ0v) is 18.2. The summed E-state index contributed by atoms with van der Waals surface area (Å²) in [7, 11) is 0. The molecule has 1 aliphatic rings. The van der Waals surface area contributed by atoms with Crippen LogP contribution in [0, 0.1) is 10.1 Å². The SMILES string of the molecule is O=C1c2[nH]nc(-c3ccc(Cl)cc3)c2C(c2cccc([N+](=O)[O-])c2)N1CCc1ccccc1. The van der Waals surface area contributed by atoms with E-state index >= 15 is 0 Å². The second kappa shape index (κ2) is 8.52. The molecule has 0 saturated heterocycles. The standard InChI is InChI=1S/C25H19ClN4O3/c26-19-11-9-17(10-12-19)22-21-23(28-27-22)25(31)29(14-13-16-5-2-1-3-6-16)24(21)18-7-4-8-20(15-18)30(32)33/h1-12,15,24H,13-14H2,(H,27,28). The highest BCUT2D eigenvalue weighted by Gasteiger charge is 2.42. The number of amides is 1. The fraction of sp³-hybridized carbons (Fsp3) is 0.120. The summed E-state index contributed by atoms with van der Waals surface area (Å²) in [5, 5.41) is 19.4. The highest BCUT2D eigenvalue weighted by molar-refractivity contribution is 6.30. The summed E-state index contributed by atoms with van der Waals surface area (Å²) in [6, 6.07) is 23.1. The quantitative estimate of drug-likeness (QED) is 0.308. The number of H-pyrrole nitrogens is 1. The van der Waals surface area contributed by atoms with Gasteiger partial charge in [-0.05, 0) is 29.7 Å². The van der Waals surface area contributed by atoms with E-state index in [1.807, 2.05) is 48.5 Å². The van der Waals surface area contributed by atoms with Gasteiger partial charge in [0.15, 0.2) is 0 Å². The number of carbonyl (C=O) groups excluding carboxylic acids is 1. The van der Waals surface area contributed by atoms with Gasteiger partial charge in [-0.25, -0.2) is 0 Å². The molecule has 0 aliphatic carbocycles. The highest BCUT2D eigenvalue weighted by Crippen LogP contribution is 2.43. The Morgan fingerprint density at radius 3 is 2.52 bits per heavy atom. The van der Waals surface area contributed by atoms with E-state index in [1.54, 1.807) is 23.1 Å². The molecule has 1 aromatic heterocycles. The van der Waals surface area contributed by atoms with Gasteiger partial charge in [0.1, 0.15) is 5.69 Å². The molecule has 5 rings (SSSR count). The van der Waals surface area contributed by atoms with Crippen LogP contribution < -0.4 is 0 Å². The van der Waals surface area contributed by atoms with Crippen LogP contribution in [-0.4, -0.2) is 32.5 Å². The zero-order valence-electron chi connectivity index (χ0n) is 17.4. The van der Waals surface area contributed by atoms with Crippen LogP contribution in [0.15, 0.2) is 78.9 Å². The summed E-state index contributed by atoms with van der Waals surface area (Å²) in [6.07, 6.45) is 0.659. The largest absolute Gasteiger partial charge is 0.326 e. The van der Waals surface area contributed by atoms with Crippen molar-refractivity contribution in [3.63, 3.8) is 0 Å². The first-order valence-electron chi connectivity index (χ1n) is 10.5. The van der Waals surface area contributed by atoms with Crippen molar-refractivity contribution < 1.29 is 9.72 Å². The molecular weight excluding hydrogens is 440 g/mol. The monoisotopic (exact) mass is 458 g/mol. The van der Waals surface area contributed by atoms with Crippen LogP contribution in [0.1, 0.15) is 33.2 Å². The minimum absolute atomic E-state index is 0.0204. The Bertz CT molecular complexity index is 1340. The Morgan fingerprint density at radius 1 is 1.03 bits per heavy atom. The maximum absolute atomic E-state index is 13.4. The van der Waals surface area contributed by atoms with Crippen molar-refractivity contribution in [2.75, 3.05) is 6.54 Å². The topological polar surface area (TPSA) is 92.1 Å². The van der Waals surface area contributed by atoms with E-state index in [1.165, 1.54) is 12.1 Å². The van der Waals surface area contributed by atoms with Gasteiger partial charge in [0.2, 0.25) is 0 Å². The van der Waals surface area contributed by atoms with E-state index in [9.17, 15) is 14.9 Å². The molecule has 0 saturated carbocycles. The number of carbonyl (C=O) groups is 1. The number of benzene rings is 3. The van der Waals surface area contributed by atoms with Gasteiger partial charge in [0, 0.05) is 34.8 Å². The zero-order chi connectivity index (χ0) is 22.9. The van der Waals surface area contributed by atoms with Gasteiger partial charge in [-0.3, -0.25) is 20.0 Å². The van der Waals surface area contributed by atoms with Gasteiger partial charge in [0.05, 0.1) is 16.7 Å². The van der Waals surface area contributed by atoms with E-state index in [4.69, 9.17) is 11.6 Å². The predicted molar refractivity (Wildman–Crippen MR) is 125 cm³/mol. The number of nitrogens with one attached hydrogen (secondary N) is 1. The molecule has 2 heterocycles. The third-order valence-electron chi connectivity index (χ3n) is 5.86. The number of aromatic amines is 1. The third kappa shape index (κ3) is 3.87. The highest BCUT2D eigenvalue weighted by atomic mass is 35.5. The first-order valence-corrected chi connectivity index (χ1v) is 10.8. The van der Waals surface area contributed by atoms with Crippen LogP contribution in [0.2, 0.25) is 5.02 Å². The number of hydrogen-bond acceptors (Lipinski definition) is 4. The second-order valence-corrected chi connectivity index (χ2v) is 8.29. The summed E-state index contributed by atoms with van der Waals surface area (Å²) in [4.78, 5) is 26.2. The molecule has 3 aromatic carbocycles. The molecular formula is C25H19ClN4O3. The number of non-ortho nitro benzene ring substituents is 1. The van der Waals surface area contributed by atoms with Gasteiger partial charge in [-0.2, -0.15) is 5.10 Å². The third-order valence-corrected chi connectivity index (χ3v) is 6.11. The Morgan fingerprint density at radius 2 is 1.79 bits per heavy atom. The Kier molecular flexibility index (Phi) is 5.40. The van der Waals surface area contributed by atoms with Crippen molar-refractivity contribution in [3.05, 3.63) is 116 Å². The maximum atomic E-state index is 13.4. The number of fused-ring (bicyclic) bond motifs is 1. The molecule has 33 heavy (non-hydrogen) atoms. The summed E-state index contributed by atoms with van der Waals surface area (Å²) < 4.78 is 0. The van der Waals surface area contributed by atoms with Crippen molar-refractivity contribution in [1.29, 1.82) is 0 Å². The minimum Gasteiger partial charge on any atom is -0.326 e. The summed E-state index contributed by atoms with van der Waals surface area (Å²) in [5.74, 6) is -0.176. The van der Waals surface area contributed by atoms with Crippen molar-refractivity contribution in [2.45, 2.75) is 12.5 Å². The van der Waals surface area contributed by atoms with Crippen molar-refractivity contribution >= 4 is 23.2 Å². The molecule has 1 atom stereocenters. The van der Waals surface area contributed by atoms with Gasteiger partial charge in [-0.1, -0.05) is 66.2 Å². The summed E-state index contributed by atoms with van der Waals surface area (Å²) in [6.45, 7) is 0.457. The lowest BCUT2D eigenvalue weighted by molar-refractivity contribution is -0.384. The lowest BCUT2D eigenvalue weighted by atomic mass is 9.95. The number of nitro groups is 1. The van der Waals surface area contributed by atoms with Crippen LogP contribution in [-0.2, 0) is 6.42 Å². The molecule has 1 aliphatic heterocycles. The van der Waals surface area contributed by atoms with Crippen molar-refractivity contribution in [3.8, 4) is 11.3 Å². The predicted octanol–water partition coefficient (Wildman–Crippen LogP) is 5.43. The summed E-state index contributed by atoms with van der Waals surface area (Å²) >= 11 is 6.05. The van der Waals surface area contributed by atoms with Crippen molar-refractivity contribution in [1.82, 2.24) is 15.1 Å². The van der Waals surface area contributed by atoms with Gasteiger partial charge in [-0.15, -0.1) is 0 Å². The lowest BCUT2D eigenvalue weighted by Gasteiger charge is -2.26. The number of nitro benzene ring substituents is 1. The number of hydrogen-bond donors (Lipinski definition) is 1. The molecule has 4 aromatic rings. The first-order chi connectivity index (χ1) is 16.0. The normalized spacial score (nSPS) is 15.0. The average Bonchev–Trinajstić information content (AvgIpc) is 3.38. The van der Waals surface area contributed by atoms with E-state index in [0.717, 1.165) is 16.7 Å². The molecule has 7 nitrogen and oxygen atoms in total. The molecule has 1 amide bonds. The smallest absolute Gasteiger partial charge is 0.273 e. The molecule has 1 unspecified atom stereocenters. The van der Waals surface area contributed by atoms with Crippen molar-refractivity contribution in [2.24, 2.45) is 0 Å². The first kappa shape index (κ1) is 20.9. The van der Waals surface area contributed by atoms with Crippen LogP contribution in [0.25, 0.3) is 11.3 Å². The Hall–Kier alpha value is -3.97. The molecule has 164 valence electrons. The molecule has 8 heteroatoms. The van der Waals surface area contributed by atoms with Gasteiger partial charge < -0.3 is 4.90 Å². The molecule has 1 N–H and O–H groups in total. The summed E-state index contributed by atoms with van der Waals surface area (Å²) in [5.41, 5.74) is 4.32. The number of nitrogens with zero attached hydrogens (tertiary/aromatic N) is 3.